The van der Waals surface area contributed by atoms with Gasteiger partial charge in [-0.2, -0.15) is 0 Å². The first-order valence-electron chi connectivity index (χ1n) is 6.40. The number of hydrogen-bond acceptors (Lipinski definition) is 2. The molecule has 0 aliphatic carbocycles. The van der Waals surface area contributed by atoms with Crippen molar-refractivity contribution in [3.8, 4) is 12.3 Å². The molecular formula is C16H13F2NO2S. The van der Waals surface area contributed by atoms with Crippen LogP contribution in [0.1, 0.15) is 18.0 Å². The molecule has 2 rings (SSSR count). The zero-order valence-electron chi connectivity index (χ0n) is 11.5. The van der Waals surface area contributed by atoms with Crippen LogP contribution in [0.2, 0.25) is 0 Å². The molecule has 2 aromatic carbocycles. The van der Waals surface area contributed by atoms with Crippen molar-refractivity contribution in [1.29, 1.82) is 0 Å². The fraction of sp³-hybridized carbons (Fsp3) is 0.125. The first-order chi connectivity index (χ1) is 10.4. The molecule has 6 heteroatoms. The van der Waals surface area contributed by atoms with Gasteiger partial charge in [-0.05, 0) is 23.8 Å². The summed E-state index contributed by atoms with van der Waals surface area (Å²) >= 11 is 0. The minimum atomic E-state index is -4.02. The van der Waals surface area contributed by atoms with Gasteiger partial charge in [0.15, 0.2) is 11.6 Å². The molecule has 0 amide bonds. The highest BCUT2D eigenvalue weighted by Crippen LogP contribution is 2.21. The summed E-state index contributed by atoms with van der Waals surface area (Å²) in [6.45, 7) is 0. The van der Waals surface area contributed by atoms with Gasteiger partial charge in [0.1, 0.15) is 0 Å². The summed E-state index contributed by atoms with van der Waals surface area (Å²) in [5.41, 5.74) is 0.687. The fourth-order valence-electron chi connectivity index (χ4n) is 1.93. The van der Waals surface area contributed by atoms with E-state index >= 15 is 0 Å². The van der Waals surface area contributed by atoms with E-state index in [9.17, 15) is 17.2 Å². The fourth-order valence-corrected chi connectivity index (χ4v) is 3.17. The third-order valence-corrected chi connectivity index (χ3v) is 4.49. The maximum Gasteiger partial charge on any atom is 0.241 e. The second-order valence-corrected chi connectivity index (χ2v) is 6.28. The SMILES string of the molecule is C#CCC(NS(=O)(=O)c1ccc(F)c(F)c1)c1ccccc1. The zero-order valence-corrected chi connectivity index (χ0v) is 12.3. The van der Waals surface area contributed by atoms with Crippen molar-refractivity contribution in [2.75, 3.05) is 0 Å². The first-order valence-corrected chi connectivity index (χ1v) is 7.88. The van der Waals surface area contributed by atoms with Crippen molar-refractivity contribution in [2.24, 2.45) is 0 Å². The lowest BCUT2D eigenvalue weighted by Crippen LogP contribution is -2.28. The van der Waals surface area contributed by atoms with Crippen LogP contribution in [0.4, 0.5) is 8.78 Å². The molecule has 0 aliphatic heterocycles. The third kappa shape index (κ3) is 3.70. The van der Waals surface area contributed by atoms with Crippen LogP contribution in [0.5, 0.6) is 0 Å². The molecule has 1 atom stereocenters. The van der Waals surface area contributed by atoms with Crippen molar-refractivity contribution in [3.63, 3.8) is 0 Å². The summed E-state index contributed by atoms with van der Waals surface area (Å²) < 4.78 is 53.1. The van der Waals surface area contributed by atoms with Gasteiger partial charge in [-0.1, -0.05) is 30.3 Å². The normalized spacial score (nSPS) is 12.6. The lowest BCUT2D eigenvalue weighted by Gasteiger charge is -2.17. The Labute approximate surface area is 128 Å². The van der Waals surface area contributed by atoms with Crippen molar-refractivity contribution in [3.05, 3.63) is 65.7 Å². The molecular weight excluding hydrogens is 308 g/mol. The lowest BCUT2D eigenvalue weighted by atomic mass is 10.1. The number of hydrogen-bond donors (Lipinski definition) is 1. The standard InChI is InChI=1S/C16H13F2NO2S/c1-2-6-16(12-7-4-3-5-8-12)19-22(20,21)13-9-10-14(17)15(18)11-13/h1,3-5,7-11,16,19H,6H2. The summed E-state index contributed by atoms with van der Waals surface area (Å²) in [4.78, 5) is -0.357. The van der Waals surface area contributed by atoms with E-state index in [-0.39, 0.29) is 11.3 Å². The minimum Gasteiger partial charge on any atom is -0.207 e. The molecule has 0 aliphatic rings. The molecule has 0 heterocycles. The summed E-state index contributed by atoms with van der Waals surface area (Å²) in [6, 6.07) is 10.5. The number of benzene rings is 2. The molecule has 1 unspecified atom stereocenters. The molecule has 2 aromatic rings. The van der Waals surface area contributed by atoms with Gasteiger partial charge >= 0.3 is 0 Å². The van der Waals surface area contributed by atoms with Crippen molar-refractivity contribution in [1.82, 2.24) is 4.72 Å². The number of rotatable bonds is 5. The quantitative estimate of drug-likeness (QED) is 0.861. The van der Waals surface area contributed by atoms with E-state index in [1.807, 2.05) is 0 Å². The second kappa shape index (κ2) is 6.69. The van der Waals surface area contributed by atoms with E-state index < -0.39 is 27.7 Å². The van der Waals surface area contributed by atoms with Gasteiger partial charge in [-0.25, -0.2) is 21.9 Å². The Bertz CT molecular complexity index is 799. The summed E-state index contributed by atoms with van der Waals surface area (Å²) in [5.74, 6) is 0.0649. The molecule has 3 nitrogen and oxygen atoms in total. The van der Waals surface area contributed by atoms with Gasteiger partial charge in [0, 0.05) is 6.42 Å². The molecule has 22 heavy (non-hydrogen) atoms. The molecule has 0 saturated heterocycles. The van der Waals surface area contributed by atoms with Gasteiger partial charge in [0.25, 0.3) is 0 Å². The Kier molecular flexibility index (Phi) is 4.91. The molecule has 114 valence electrons. The molecule has 0 bridgehead atoms. The average Bonchev–Trinajstić information content (AvgIpc) is 2.50. The van der Waals surface area contributed by atoms with Gasteiger partial charge in [0.05, 0.1) is 10.9 Å². The molecule has 0 radical (unpaired) electrons. The number of sulfonamides is 1. The minimum absolute atomic E-state index is 0.132. The predicted molar refractivity (Wildman–Crippen MR) is 79.3 cm³/mol. The monoisotopic (exact) mass is 321 g/mol. The van der Waals surface area contributed by atoms with E-state index in [0.717, 1.165) is 12.1 Å². The highest BCUT2D eigenvalue weighted by atomic mass is 32.2. The molecule has 0 saturated carbocycles. The summed E-state index contributed by atoms with van der Waals surface area (Å²) in [6.07, 6.45) is 5.41. The van der Waals surface area contributed by atoms with Crippen LogP contribution in [0.3, 0.4) is 0 Å². The molecule has 1 N–H and O–H groups in total. The van der Waals surface area contributed by atoms with Crippen molar-refractivity contribution in [2.45, 2.75) is 17.4 Å². The third-order valence-electron chi connectivity index (χ3n) is 3.02. The van der Waals surface area contributed by atoms with Gasteiger partial charge in [0.2, 0.25) is 10.0 Å². The highest BCUT2D eigenvalue weighted by Gasteiger charge is 2.22. The Morgan fingerprint density at radius 2 is 1.77 bits per heavy atom. The van der Waals surface area contributed by atoms with Crippen LogP contribution in [0, 0.1) is 24.0 Å². The number of halogens is 2. The van der Waals surface area contributed by atoms with E-state index in [2.05, 4.69) is 10.6 Å². The van der Waals surface area contributed by atoms with E-state index in [1.54, 1.807) is 30.3 Å². The van der Waals surface area contributed by atoms with Crippen LogP contribution in [0.15, 0.2) is 53.4 Å². The van der Waals surface area contributed by atoms with Gasteiger partial charge in [-0.15, -0.1) is 12.3 Å². The van der Waals surface area contributed by atoms with Crippen LogP contribution >= 0.6 is 0 Å². The topological polar surface area (TPSA) is 46.2 Å². The Morgan fingerprint density at radius 1 is 1.09 bits per heavy atom. The molecule has 0 fully saturated rings. The Morgan fingerprint density at radius 3 is 2.36 bits per heavy atom. The van der Waals surface area contributed by atoms with Crippen molar-refractivity contribution < 1.29 is 17.2 Å². The Hall–Kier alpha value is -2.23. The van der Waals surface area contributed by atoms with Gasteiger partial charge in [-0.3, -0.25) is 0 Å². The largest absolute Gasteiger partial charge is 0.241 e. The smallest absolute Gasteiger partial charge is 0.207 e. The highest BCUT2D eigenvalue weighted by molar-refractivity contribution is 7.89. The van der Waals surface area contributed by atoms with Crippen molar-refractivity contribution >= 4 is 10.0 Å². The van der Waals surface area contributed by atoms with Gasteiger partial charge < -0.3 is 0 Å². The summed E-state index contributed by atoms with van der Waals surface area (Å²) in [7, 11) is -4.02. The number of nitrogens with one attached hydrogen (secondary N) is 1. The Balaban J connectivity index is 2.32. The van der Waals surface area contributed by atoms with Crippen LogP contribution in [-0.2, 0) is 10.0 Å². The number of terminal acetylenes is 1. The van der Waals surface area contributed by atoms with Crippen LogP contribution in [-0.4, -0.2) is 8.42 Å². The van der Waals surface area contributed by atoms with E-state index in [1.165, 1.54) is 0 Å². The molecule has 0 aromatic heterocycles. The maximum absolute atomic E-state index is 13.2. The van der Waals surface area contributed by atoms with E-state index in [0.29, 0.717) is 11.6 Å². The lowest BCUT2D eigenvalue weighted by molar-refractivity contribution is 0.503. The van der Waals surface area contributed by atoms with Crippen LogP contribution < -0.4 is 4.72 Å². The van der Waals surface area contributed by atoms with E-state index in [4.69, 9.17) is 6.42 Å². The first kappa shape index (κ1) is 16.1. The second-order valence-electron chi connectivity index (χ2n) is 4.57. The average molecular weight is 321 g/mol. The zero-order chi connectivity index (χ0) is 16.2. The predicted octanol–water partition coefficient (Wildman–Crippen LogP) is 3.01. The van der Waals surface area contributed by atoms with Crippen LogP contribution in [0.25, 0.3) is 0 Å². The maximum atomic E-state index is 13.2. The summed E-state index contributed by atoms with van der Waals surface area (Å²) in [5, 5.41) is 0. The molecule has 0 spiro atoms.